The van der Waals surface area contributed by atoms with Crippen LogP contribution in [0.2, 0.25) is 0 Å². The summed E-state index contributed by atoms with van der Waals surface area (Å²) in [4.78, 5) is 11.4. The third-order valence-corrected chi connectivity index (χ3v) is 0.809. The van der Waals surface area contributed by atoms with E-state index >= 15 is 0 Å². The van der Waals surface area contributed by atoms with Gasteiger partial charge >= 0.3 is 5.97 Å². The zero-order valence-electron chi connectivity index (χ0n) is 4.96. The SMILES string of the molecule is CN(C)C(N)C(=O)O. The van der Waals surface area contributed by atoms with Crippen LogP contribution in [0.25, 0.3) is 0 Å². The Morgan fingerprint density at radius 1 is 1.75 bits per heavy atom. The van der Waals surface area contributed by atoms with Crippen LogP contribution in [0.4, 0.5) is 0 Å². The molecule has 48 valence electrons. The molecule has 0 aliphatic heterocycles. The Hall–Kier alpha value is -0.610. The molecule has 0 aromatic carbocycles. The second-order valence-corrected chi connectivity index (χ2v) is 1.75. The number of carboxylic acids is 1. The molecule has 0 aromatic heterocycles. The molecule has 0 heterocycles. The summed E-state index contributed by atoms with van der Waals surface area (Å²) in [5, 5.41) is 8.19. The quantitative estimate of drug-likeness (QED) is 0.452. The molecule has 0 aromatic rings. The van der Waals surface area contributed by atoms with Crippen LogP contribution in [-0.4, -0.2) is 36.2 Å². The molecule has 4 heteroatoms. The summed E-state index contributed by atoms with van der Waals surface area (Å²) in [6.07, 6.45) is -0.880. The highest BCUT2D eigenvalue weighted by molar-refractivity contribution is 5.72. The van der Waals surface area contributed by atoms with Gasteiger partial charge in [0.15, 0.2) is 6.17 Å². The number of aliphatic carboxylic acids is 1. The maximum absolute atomic E-state index is 9.97. The van der Waals surface area contributed by atoms with E-state index in [2.05, 4.69) is 0 Å². The normalized spacial score (nSPS) is 14.0. The van der Waals surface area contributed by atoms with Crippen LogP contribution in [0, 0.1) is 0 Å². The zero-order chi connectivity index (χ0) is 6.73. The average molecular weight is 118 g/mol. The van der Waals surface area contributed by atoms with Gasteiger partial charge in [0.2, 0.25) is 0 Å². The van der Waals surface area contributed by atoms with Crippen LogP contribution in [-0.2, 0) is 4.79 Å². The number of nitrogens with two attached hydrogens (primary N) is 1. The first-order valence-corrected chi connectivity index (χ1v) is 2.20. The summed E-state index contributed by atoms with van der Waals surface area (Å²) in [7, 11) is 3.22. The molecule has 0 aliphatic carbocycles. The van der Waals surface area contributed by atoms with Gasteiger partial charge < -0.3 is 10.8 Å². The minimum absolute atomic E-state index is 0.880. The first kappa shape index (κ1) is 7.39. The Kier molecular flexibility index (Phi) is 2.44. The number of rotatable bonds is 2. The van der Waals surface area contributed by atoms with E-state index in [4.69, 9.17) is 10.8 Å². The van der Waals surface area contributed by atoms with Crippen molar-refractivity contribution in [2.75, 3.05) is 14.1 Å². The van der Waals surface area contributed by atoms with E-state index in [0.717, 1.165) is 0 Å². The first-order chi connectivity index (χ1) is 3.55. The standard InChI is InChI=1S/C4H10N2O2/c1-6(2)3(5)4(7)8/h3H,5H2,1-2H3,(H,7,8). The fourth-order valence-electron chi connectivity index (χ4n) is 0.221. The van der Waals surface area contributed by atoms with Crippen molar-refractivity contribution in [1.82, 2.24) is 4.90 Å². The van der Waals surface area contributed by atoms with Gasteiger partial charge in [0.05, 0.1) is 0 Å². The van der Waals surface area contributed by atoms with Crippen LogP contribution < -0.4 is 5.73 Å². The number of hydrogen-bond acceptors (Lipinski definition) is 3. The predicted octanol–water partition coefficient (Wildman–Crippen LogP) is -1.08. The molecule has 3 N–H and O–H groups in total. The third kappa shape index (κ3) is 1.90. The number of nitrogens with zero attached hydrogens (tertiary/aromatic N) is 1. The van der Waals surface area contributed by atoms with Crippen LogP contribution in [0.3, 0.4) is 0 Å². The van der Waals surface area contributed by atoms with Crippen molar-refractivity contribution in [1.29, 1.82) is 0 Å². The summed E-state index contributed by atoms with van der Waals surface area (Å²) >= 11 is 0. The number of likely N-dealkylation sites (N-methyl/N-ethyl adjacent to an activating group) is 1. The molecule has 0 radical (unpaired) electrons. The summed E-state index contributed by atoms with van der Waals surface area (Å²) in [6.45, 7) is 0. The van der Waals surface area contributed by atoms with Crippen molar-refractivity contribution in [2.45, 2.75) is 6.17 Å². The van der Waals surface area contributed by atoms with Crippen molar-refractivity contribution in [3.63, 3.8) is 0 Å². The van der Waals surface area contributed by atoms with E-state index in [9.17, 15) is 4.79 Å². The van der Waals surface area contributed by atoms with Gasteiger partial charge in [-0.15, -0.1) is 0 Å². The lowest BCUT2D eigenvalue weighted by Gasteiger charge is -2.13. The fourth-order valence-corrected chi connectivity index (χ4v) is 0.221. The molecule has 0 fully saturated rings. The molecule has 0 saturated carbocycles. The van der Waals surface area contributed by atoms with Crippen LogP contribution in [0.5, 0.6) is 0 Å². The number of carboxylic acid groups (broad SMARTS) is 1. The van der Waals surface area contributed by atoms with Gasteiger partial charge in [-0.2, -0.15) is 0 Å². The minimum Gasteiger partial charge on any atom is -0.479 e. The minimum atomic E-state index is -1.00. The topological polar surface area (TPSA) is 66.6 Å². The molecule has 0 aliphatic rings. The Morgan fingerprint density at radius 3 is 2.12 bits per heavy atom. The lowest BCUT2D eigenvalue weighted by molar-refractivity contribution is -0.142. The Balaban J connectivity index is 3.64. The molecule has 0 rings (SSSR count). The van der Waals surface area contributed by atoms with Gasteiger partial charge in [0.1, 0.15) is 0 Å². The molecular weight excluding hydrogens is 108 g/mol. The molecule has 4 nitrogen and oxygen atoms in total. The van der Waals surface area contributed by atoms with E-state index < -0.39 is 12.1 Å². The maximum Gasteiger partial charge on any atom is 0.335 e. The van der Waals surface area contributed by atoms with E-state index in [1.54, 1.807) is 14.1 Å². The van der Waals surface area contributed by atoms with Crippen molar-refractivity contribution < 1.29 is 9.90 Å². The summed E-state index contributed by atoms with van der Waals surface area (Å²) in [5.74, 6) is -1.00. The van der Waals surface area contributed by atoms with Gasteiger partial charge in [-0.05, 0) is 14.1 Å². The Labute approximate surface area is 47.9 Å². The van der Waals surface area contributed by atoms with Crippen molar-refractivity contribution >= 4 is 5.97 Å². The monoisotopic (exact) mass is 118 g/mol. The number of carbonyl (C=O) groups is 1. The van der Waals surface area contributed by atoms with Gasteiger partial charge in [-0.3, -0.25) is 4.90 Å². The summed E-state index contributed by atoms with van der Waals surface area (Å²) in [5.41, 5.74) is 5.09. The van der Waals surface area contributed by atoms with Crippen molar-refractivity contribution in [3.8, 4) is 0 Å². The van der Waals surface area contributed by atoms with Gasteiger partial charge in [0.25, 0.3) is 0 Å². The third-order valence-electron chi connectivity index (χ3n) is 0.809. The summed E-state index contributed by atoms with van der Waals surface area (Å²) < 4.78 is 0. The van der Waals surface area contributed by atoms with Crippen molar-refractivity contribution in [3.05, 3.63) is 0 Å². The highest BCUT2D eigenvalue weighted by Crippen LogP contribution is 1.80. The number of hydrogen-bond donors (Lipinski definition) is 2. The lowest BCUT2D eigenvalue weighted by atomic mass is 10.5. The molecule has 0 amide bonds. The van der Waals surface area contributed by atoms with E-state index in [1.165, 1.54) is 4.90 Å². The average Bonchev–Trinajstić information content (AvgIpc) is 1.64. The fraction of sp³-hybridized carbons (Fsp3) is 0.750. The second-order valence-electron chi connectivity index (χ2n) is 1.75. The second kappa shape index (κ2) is 2.64. The predicted molar refractivity (Wildman–Crippen MR) is 29.3 cm³/mol. The summed E-state index contributed by atoms with van der Waals surface area (Å²) in [6, 6.07) is 0. The molecule has 0 saturated heterocycles. The van der Waals surface area contributed by atoms with E-state index in [1.807, 2.05) is 0 Å². The van der Waals surface area contributed by atoms with Gasteiger partial charge in [0, 0.05) is 0 Å². The largest absolute Gasteiger partial charge is 0.479 e. The zero-order valence-corrected chi connectivity index (χ0v) is 4.96. The smallest absolute Gasteiger partial charge is 0.335 e. The molecular formula is C4H10N2O2. The highest BCUT2D eigenvalue weighted by Gasteiger charge is 2.11. The lowest BCUT2D eigenvalue weighted by Crippen LogP contribution is -2.43. The van der Waals surface area contributed by atoms with E-state index in [-0.39, 0.29) is 0 Å². The van der Waals surface area contributed by atoms with Crippen molar-refractivity contribution in [2.24, 2.45) is 5.73 Å². The van der Waals surface area contributed by atoms with Crippen LogP contribution >= 0.6 is 0 Å². The van der Waals surface area contributed by atoms with Gasteiger partial charge in [-0.1, -0.05) is 0 Å². The first-order valence-electron chi connectivity index (χ1n) is 2.20. The molecule has 1 atom stereocenters. The highest BCUT2D eigenvalue weighted by atomic mass is 16.4. The molecule has 1 unspecified atom stereocenters. The Morgan fingerprint density at radius 2 is 2.12 bits per heavy atom. The van der Waals surface area contributed by atoms with Crippen LogP contribution in [0.1, 0.15) is 0 Å². The molecule has 0 bridgehead atoms. The molecule has 0 spiro atoms. The maximum atomic E-state index is 9.97. The molecule has 8 heavy (non-hydrogen) atoms. The van der Waals surface area contributed by atoms with Crippen LogP contribution in [0.15, 0.2) is 0 Å². The Bertz CT molecular complexity index is 92.0. The van der Waals surface area contributed by atoms with E-state index in [0.29, 0.717) is 0 Å². The van der Waals surface area contributed by atoms with Gasteiger partial charge in [-0.25, -0.2) is 4.79 Å².